The van der Waals surface area contributed by atoms with Crippen LogP contribution < -0.4 is 21.9 Å². The first-order chi connectivity index (χ1) is 8.10. The van der Waals surface area contributed by atoms with Crippen LogP contribution in [0.15, 0.2) is 0 Å². The van der Waals surface area contributed by atoms with Crippen molar-refractivity contribution in [2.45, 2.75) is 26.3 Å². The first-order valence-electron chi connectivity index (χ1n) is 5.45. The van der Waals surface area contributed by atoms with Gasteiger partial charge in [0, 0.05) is 18.5 Å². The van der Waals surface area contributed by atoms with Gasteiger partial charge in [-0.15, -0.1) is 0 Å². The van der Waals surface area contributed by atoms with Crippen molar-refractivity contribution in [2.24, 2.45) is 5.84 Å². The van der Waals surface area contributed by atoms with E-state index in [1.165, 1.54) is 0 Å². The first kappa shape index (κ1) is 11.6. The minimum Gasteiger partial charge on any atom is -0.365 e. The number of aromatic nitrogens is 2. The molecule has 0 radical (unpaired) electrons. The van der Waals surface area contributed by atoms with Crippen LogP contribution in [0.3, 0.4) is 0 Å². The Morgan fingerprint density at radius 3 is 2.65 bits per heavy atom. The van der Waals surface area contributed by atoms with Gasteiger partial charge in [-0.05, 0) is 13.8 Å². The third kappa shape index (κ3) is 2.44. The number of hydrazine groups is 1. The maximum absolute atomic E-state index is 11.1. The molecule has 0 bridgehead atoms. The molecule has 1 unspecified atom stereocenters. The van der Waals surface area contributed by atoms with E-state index >= 15 is 0 Å². The summed E-state index contributed by atoms with van der Waals surface area (Å²) < 4.78 is 0. The van der Waals surface area contributed by atoms with Crippen LogP contribution in [0, 0.1) is 13.8 Å². The Balaban J connectivity index is 2.20. The molecule has 1 amide bonds. The first-order valence-corrected chi connectivity index (χ1v) is 5.45. The van der Waals surface area contributed by atoms with E-state index in [1.54, 1.807) is 6.92 Å². The zero-order valence-corrected chi connectivity index (χ0v) is 9.87. The molecule has 2 heterocycles. The summed E-state index contributed by atoms with van der Waals surface area (Å²) in [6, 6.07) is 0.0705. The molecular formula is C10H16N6O. The number of hydrogen-bond acceptors (Lipinski definition) is 6. The van der Waals surface area contributed by atoms with Gasteiger partial charge in [0.15, 0.2) is 0 Å². The predicted molar refractivity (Wildman–Crippen MR) is 64.4 cm³/mol. The molecule has 1 aromatic rings. The number of carbonyl (C=O) groups excluding carboxylic acids is 1. The van der Waals surface area contributed by atoms with Gasteiger partial charge in [-0.1, -0.05) is 0 Å². The third-order valence-electron chi connectivity index (χ3n) is 2.71. The number of nitrogens with zero attached hydrogens (tertiary/aromatic N) is 2. The zero-order chi connectivity index (χ0) is 12.4. The van der Waals surface area contributed by atoms with Gasteiger partial charge in [-0.3, -0.25) is 4.79 Å². The number of hydrogen-bond donors (Lipinski definition) is 4. The zero-order valence-electron chi connectivity index (χ0n) is 9.87. The summed E-state index contributed by atoms with van der Waals surface area (Å²) in [6.45, 7) is 4.29. The lowest BCUT2D eigenvalue weighted by molar-refractivity contribution is -0.119. The van der Waals surface area contributed by atoms with E-state index in [-0.39, 0.29) is 11.9 Å². The molecule has 1 aliphatic heterocycles. The van der Waals surface area contributed by atoms with E-state index in [1.807, 2.05) is 6.92 Å². The SMILES string of the molecule is Cc1nc(NN)c(C)c(NC2CNC(=O)C2)n1. The van der Waals surface area contributed by atoms with Gasteiger partial charge < -0.3 is 16.1 Å². The summed E-state index contributed by atoms with van der Waals surface area (Å²) in [5.41, 5.74) is 3.38. The minimum atomic E-state index is 0.0584. The second kappa shape index (κ2) is 4.54. The minimum absolute atomic E-state index is 0.0584. The van der Waals surface area contributed by atoms with Gasteiger partial charge in [-0.25, -0.2) is 15.8 Å². The number of anilines is 2. The Kier molecular flexibility index (Phi) is 3.10. The van der Waals surface area contributed by atoms with Crippen molar-refractivity contribution in [2.75, 3.05) is 17.3 Å². The fourth-order valence-electron chi connectivity index (χ4n) is 1.81. The van der Waals surface area contributed by atoms with E-state index in [2.05, 4.69) is 26.0 Å². The molecule has 1 aliphatic rings. The number of carbonyl (C=O) groups is 1. The molecule has 17 heavy (non-hydrogen) atoms. The van der Waals surface area contributed by atoms with Crippen molar-refractivity contribution in [3.05, 3.63) is 11.4 Å². The number of nitrogen functional groups attached to an aromatic ring is 1. The number of amides is 1. The van der Waals surface area contributed by atoms with E-state index in [4.69, 9.17) is 5.84 Å². The highest BCUT2D eigenvalue weighted by atomic mass is 16.1. The molecule has 0 spiro atoms. The molecule has 7 heteroatoms. The predicted octanol–water partition coefficient (Wildman–Crippen LogP) is -0.321. The molecule has 1 saturated heterocycles. The van der Waals surface area contributed by atoms with E-state index in [9.17, 15) is 4.79 Å². The Morgan fingerprint density at radius 2 is 2.06 bits per heavy atom. The van der Waals surface area contributed by atoms with Gasteiger partial charge >= 0.3 is 0 Å². The lowest BCUT2D eigenvalue weighted by Gasteiger charge is -2.15. The van der Waals surface area contributed by atoms with Crippen LogP contribution in [0.5, 0.6) is 0 Å². The van der Waals surface area contributed by atoms with Crippen molar-refractivity contribution < 1.29 is 4.79 Å². The van der Waals surface area contributed by atoms with Crippen LogP contribution in [-0.4, -0.2) is 28.5 Å². The maximum Gasteiger partial charge on any atom is 0.222 e. The molecule has 0 saturated carbocycles. The van der Waals surface area contributed by atoms with Crippen molar-refractivity contribution in [3.8, 4) is 0 Å². The van der Waals surface area contributed by atoms with Crippen molar-refractivity contribution >= 4 is 17.5 Å². The molecule has 0 aromatic carbocycles. The normalized spacial score (nSPS) is 19.0. The van der Waals surface area contributed by atoms with Crippen LogP contribution >= 0.6 is 0 Å². The molecule has 1 fully saturated rings. The smallest absolute Gasteiger partial charge is 0.222 e. The highest BCUT2D eigenvalue weighted by molar-refractivity contribution is 5.79. The summed E-state index contributed by atoms with van der Waals surface area (Å²) in [5.74, 6) is 7.38. The second-order valence-corrected chi connectivity index (χ2v) is 4.09. The van der Waals surface area contributed by atoms with Gasteiger partial charge in [0.05, 0.1) is 6.04 Å². The Hall–Kier alpha value is -1.89. The Morgan fingerprint density at radius 1 is 1.35 bits per heavy atom. The topological polar surface area (TPSA) is 105 Å². The standard InChI is InChI=1S/C10H16N6O/c1-5-9(13-6(2)14-10(5)16-11)15-7-3-8(17)12-4-7/h7H,3-4,11H2,1-2H3,(H,12,17)(H2,13,14,15,16). The van der Waals surface area contributed by atoms with Gasteiger partial charge in [0.1, 0.15) is 17.5 Å². The van der Waals surface area contributed by atoms with Crippen LogP contribution in [-0.2, 0) is 4.79 Å². The average molecular weight is 236 g/mol. The van der Waals surface area contributed by atoms with Crippen molar-refractivity contribution in [1.82, 2.24) is 15.3 Å². The summed E-state index contributed by atoms with van der Waals surface area (Å²) in [7, 11) is 0. The largest absolute Gasteiger partial charge is 0.365 e. The molecule has 92 valence electrons. The molecule has 1 atom stereocenters. The van der Waals surface area contributed by atoms with Crippen LogP contribution in [0.4, 0.5) is 11.6 Å². The summed E-state index contributed by atoms with van der Waals surface area (Å²) in [6.07, 6.45) is 0.466. The molecule has 1 aromatic heterocycles. The Bertz CT molecular complexity index is 447. The number of rotatable bonds is 3. The second-order valence-electron chi connectivity index (χ2n) is 4.09. The fourth-order valence-corrected chi connectivity index (χ4v) is 1.81. The van der Waals surface area contributed by atoms with Crippen LogP contribution in [0.1, 0.15) is 17.8 Å². The van der Waals surface area contributed by atoms with E-state index in [0.29, 0.717) is 30.4 Å². The highest BCUT2D eigenvalue weighted by Gasteiger charge is 2.22. The lowest BCUT2D eigenvalue weighted by Crippen LogP contribution is -2.24. The maximum atomic E-state index is 11.1. The van der Waals surface area contributed by atoms with Crippen LogP contribution in [0.2, 0.25) is 0 Å². The van der Waals surface area contributed by atoms with Crippen molar-refractivity contribution in [3.63, 3.8) is 0 Å². The fraction of sp³-hybridized carbons (Fsp3) is 0.500. The third-order valence-corrected chi connectivity index (χ3v) is 2.71. The number of nitrogens with two attached hydrogens (primary N) is 1. The molecule has 5 N–H and O–H groups in total. The highest BCUT2D eigenvalue weighted by Crippen LogP contribution is 2.20. The molecule has 2 rings (SSSR count). The van der Waals surface area contributed by atoms with Crippen LogP contribution in [0.25, 0.3) is 0 Å². The number of nitrogens with one attached hydrogen (secondary N) is 3. The van der Waals surface area contributed by atoms with Gasteiger partial charge in [0.2, 0.25) is 5.91 Å². The van der Waals surface area contributed by atoms with E-state index in [0.717, 1.165) is 5.56 Å². The molecule has 7 nitrogen and oxygen atoms in total. The van der Waals surface area contributed by atoms with Crippen molar-refractivity contribution in [1.29, 1.82) is 0 Å². The summed E-state index contributed by atoms with van der Waals surface area (Å²) in [5, 5.41) is 5.99. The average Bonchev–Trinajstić information content (AvgIpc) is 2.69. The lowest BCUT2D eigenvalue weighted by atomic mass is 10.2. The quantitative estimate of drug-likeness (QED) is 0.423. The monoisotopic (exact) mass is 236 g/mol. The Labute approximate surface area is 99.2 Å². The summed E-state index contributed by atoms with van der Waals surface area (Å²) in [4.78, 5) is 19.6. The van der Waals surface area contributed by atoms with E-state index < -0.39 is 0 Å². The summed E-state index contributed by atoms with van der Waals surface area (Å²) >= 11 is 0. The molecule has 0 aliphatic carbocycles. The molecular weight excluding hydrogens is 220 g/mol. The van der Waals surface area contributed by atoms with Gasteiger partial charge in [0.25, 0.3) is 0 Å². The van der Waals surface area contributed by atoms with Gasteiger partial charge in [-0.2, -0.15) is 0 Å². The number of aryl methyl sites for hydroxylation is 1.